The first-order valence-electron chi connectivity index (χ1n) is 6.46. The number of ether oxygens (including phenoxy) is 1. The second-order valence-electron chi connectivity index (χ2n) is 5.26. The molecule has 1 amide bonds. The van der Waals surface area contributed by atoms with Crippen LogP contribution in [0.15, 0.2) is 0 Å². The Kier molecular flexibility index (Phi) is 8.26. The third-order valence-corrected chi connectivity index (χ3v) is 2.13. The zero-order chi connectivity index (χ0) is 15.6. The van der Waals surface area contributed by atoms with Crippen LogP contribution >= 0.6 is 0 Å². The molecule has 8 nitrogen and oxygen atoms in total. The van der Waals surface area contributed by atoms with Gasteiger partial charge in [0, 0.05) is 6.42 Å². The highest BCUT2D eigenvalue weighted by Gasteiger charge is 2.16. The molecule has 0 saturated heterocycles. The van der Waals surface area contributed by atoms with Gasteiger partial charge in [0.2, 0.25) is 0 Å². The zero-order valence-corrected chi connectivity index (χ0v) is 12.1. The molecule has 0 aromatic heterocycles. The van der Waals surface area contributed by atoms with Crippen LogP contribution < -0.4 is 5.32 Å². The standard InChI is InChI=1S/C12H22N2O6/c1-12(2,3)20-11(16)13-9-10(15)7-5-4-6-8-19-14(17)18/h4-9H2,1-3H3,(H,13,16). The van der Waals surface area contributed by atoms with Crippen LogP contribution in [0, 0.1) is 10.1 Å². The number of nitrogens with one attached hydrogen (secondary N) is 1. The Bertz CT molecular complexity index is 337. The average Bonchev–Trinajstić information content (AvgIpc) is 2.28. The number of hydrogen-bond acceptors (Lipinski definition) is 6. The molecular formula is C12H22N2O6. The van der Waals surface area contributed by atoms with E-state index in [0.29, 0.717) is 25.7 Å². The Labute approximate surface area is 117 Å². The number of alkyl carbamates (subject to hydrolysis) is 1. The topological polar surface area (TPSA) is 108 Å². The predicted molar refractivity (Wildman–Crippen MR) is 70.7 cm³/mol. The molecule has 0 bridgehead atoms. The van der Waals surface area contributed by atoms with Crippen molar-refractivity contribution in [2.75, 3.05) is 13.2 Å². The van der Waals surface area contributed by atoms with Gasteiger partial charge in [-0.1, -0.05) is 6.42 Å². The van der Waals surface area contributed by atoms with Crippen molar-refractivity contribution in [2.24, 2.45) is 0 Å². The summed E-state index contributed by atoms with van der Waals surface area (Å²) in [5.41, 5.74) is -0.593. The van der Waals surface area contributed by atoms with Gasteiger partial charge in [-0.15, -0.1) is 10.1 Å². The second-order valence-corrected chi connectivity index (χ2v) is 5.26. The molecule has 0 atom stereocenters. The number of amides is 1. The van der Waals surface area contributed by atoms with E-state index >= 15 is 0 Å². The van der Waals surface area contributed by atoms with E-state index in [0.717, 1.165) is 0 Å². The van der Waals surface area contributed by atoms with Crippen molar-refractivity contribution in [1.29, 1.82) is 0 Å². The molecule has 0 aliphatic rings. The third-order valence-electron chi connectivity index (χ3n) is 2.13. The molecule has 0 rings (SSSR count). The van der Waals surface area contributed by atoms with E-state index in [1.54, 1.807) is 20.8 Å². The summed E-state index contributed by atoms with van der Waals surface area (Å²) in [6.45, 7) is 5.18. The summed E-state index contributed by atoms with van der Waals surface area (Å²) < 4.78 is 4.99. The summed E-state index contributed by atoms with van der Waals surface area (Å²) >= 11 is 0. The monoisotopic (exact) mass is 290 g/mol. The molecule has 0 aromatic rings. The second kappa shape index (κ2) is 9.11. The number of Topliss-reactive ketones (excluding diaryl/α,β-unsaturated/α-hetero) is 1. The van der Waals surface area contributed by atoms with Crippen LogP contribution in [0.5, 0.6) is 0 Å². The number of carbonyl (C=O) groups is 2. The normalized spacial score (nSPS) is 10.8. The molecule has 1 N–H and O–H groups in total. The number of carbonyl (C=O) groups excluding carboxylic acids is 2. The van der Waals surface area contributed by atoms with Gasteiger partial charge < -0.3 is 14.9 Å². The van der Waals surface area contributed by atoms with E-state index in [1.165, 1.54) is 0 Å². The summed E-state index contributed by atoms with van der Waals surface area (Å²) in [5, 5.41) is 11.4. The minimum atomic E-state index is -0.837. The van der Waals surface area contributed by atoms with Gasteiger partial charge in [-0.25, -0.2) is 4.79 Å². The lowest BCUT2D eigenvalue weighted by Gasteiger charge is -2.19. The van der Waals surface area contributed by atoms with E-state index in [-0.39, 0.29) is 18.9 Å². The largest absolute Gasteiger partial charge is 0.444 e. The molecule has 8 heteroatoms. The summed E-state index contributed by atoms with van der Waals surface area (Å²) in [6.07, 6.45) is 1.48. The zero-order valence-electron chi connectivity index (χ0n) is 12.1. The van der Waals surface area contributed by atoms with Crippen molar-refractivity contribution in [3.05, 3.63) is 10.1 Å². The Morgan fingerprint density at radius 2 is 1.85 bits per heavy atom. The molecular weight excluding hydrogens is 268 g/mol. The lowest BCUT2D eigenvalue weighted by molar-refractivity contribution is -0.757. The number of nitrogens with zero attached hydrogens (tertiary/aromatic N) is 1. The van der Waals surface area contributed by atoms with Crippen molar-refractivity contribution in [2.45, 2.75) is 52.1 Å². The smallest absolute Gasteiger partial charge is 0.408 e. The van der Waals surface area contributed by atoms with Crippen LogP contribution in [0.3, 0.4) is 0 Å². The van der Waals surface area contributed by atoms with Gasteiger partial charge >= 0.3 is 6.09 Å². The molecule has 0 unspecified atom stereocenters. The highest BCUT2D eigenvalue weighted by molar-refractivity contribution is 5.83. The molecule has 0 aromatic carbocycles. The molecule has 0 aliphatic heterocycles. The highest BCUT2D eigenvalue weighted by atomic mass is 16.9. The van der Waals surface area contributed by atoms with Crippen molar-refractivity contribution >= 4 is 11.9 Å². The lowest BCUT2D eigenvalue weighted by atomic mass is 10.1. The average molecular weight is 290 g/mol. The van der Waals surface area contributed by atoms with Crippen LogP contribution in [-0.4, -0.2) is 35.7 Å². The maximum atomic E-state index is 11.4. The summed E-state index contributed by atoms with van der Waals surface area (Å²) in [7, 11) is 0. The van der Waals surface area contributed by atoms with Gasteiger partial charge in [0.1, 0.15) is 5.60 Å². The summed E-state index contributed by atoms with van der Waals surface area (Å²) in [5.74, 6) is -0.106. The van der Waals surface area contributed by atoms with Gasteiger partial charge in [-0.05, 0) is 33.6 Å². The first-order valence-corrected chi connectivity index (χ1v) is 6.46. The number of hydrogen-bond donors (Lipinski definition) is 1. The minimum absolute atomic E-state index is 0.0390. The van der Waals surface area contributed by atoms with Crippen molar-refractivity contribution in [3.63, 3.8) is 0 Å². The van der Waals surface area contributed by atoms with Crippen molar-refractivity contribution < 1.29 is 24.3 Å². The minimum Gasteiger partial charge on any atom is -0.444 e. The van der Waals surface area contributed by atoms with Crippen LogP contribution in [0.25, 0.3) is 0 Å². The van der Waals surface area contributed by atoms with Crippen LogP contribution in [0.4, 0.5) is 4.79 Å². The summed E-state index contributed by atoms with van der Waals surface area (Å²) in [4.78, 5) is 36.7. The molecule has 0 fully saturated rings. The van der Waals surface area contributed by atoms with Crippen molar-refractivity contribution in [1.82, 2.24) is 5.32 Å². The molecule has 0 radical (unpaired) electrons. The summed E-state index contributed by atoms with van der Waals surface area (Å²) in [6, 6.07) is 0. The van der Waals surface area contributed by atoms with Crippen LogP contribution in [-0.2, 0) is 14.4 Å². The van der Waals surface area contributed by atoms with Gasteiger partial charge in [-0.3, -0.25) is 4.79 Å². The Morgan fingerprint density at radius 3 is 2.40 bits per heavy atom. The van der Waals surface area contributed by atoms with Gasteiger partial charge in [-0.2, -0.15) is 0 Å². The van der Waals surface area contributed by atoms with E-state index in [4.69, 9.17) is 4.74 Å². The fourth-order valence-electron chi connectivity index (χ4n) is 1.31. The van der Waals surface area contributed by atoms with Gasteiger partial charge in [0.15, 0.2) is 5.78 Å². The van der Waals surface area contributed by atoms with E-state index in [9.17, 15) is 19.7 Å². The Balaban J connectivity index is 3.55. The van der Waals surface area contributed by atoms with Crippen LogP contribution in [0.1, 0.15) is 46.5 Å². The number of ketones is 1. The molecule has 0 heterocycles. The Morgan fingerprint density at radius 1 is 1.20 bits per heavy atom. The highest BCUT2D eigenvalue weighted by Crippen LogP contribution is 2.06. The maximum Gasteiger partial charge on any atom is 0.408 e. The first-order chi connectivity index (χ1) is 9.20. The predicted octanol–water partition coefficient (Wildman–Crippen LogP) is 1.85. The molecule has 0 saturated carbocycles. The quantitative estimate of drug-likeness (QED) is 0.394. The molecule has 20 heavy (non-hydrogen) atoms. The maximum absolute atomic E-state index is 11.4. The van der Waals surface area contributed by atoms with Crippen LogP contribution in [0.2, 0.25) is 0 Å². The van der Waals surface area contributed by atoms with Gasteiger partial charge in [0.05, 0.1) is 13.2 Å². The first kappa shape index (κ1) is 18.1. The Hall–Kier alpha value is -1.86. The van der Waals surface area contributed by atoms with E-state index in [1.807, 2.05) is 0 Å². The van der Waals surface area contributed by atoms with Crippen molar-refractivity contribution in [3.8, 4) is 0 Å². The van der Waals surface area contributed by atoms with Gasteiger partial charge in [0.25, 0.3) is 5.09 Å². The fraction of sp³-hybridized carbons (Fsp3) is 0.833. The fourth-order valence-corrected chi connectivity index (χ4v) is 1.31. The number of rotatable bonds is 9. The number of unbranched alkanes of at least 4 members (excludes halogenated alkanes) is 2. The van der Waals surface area contributed by atoms with E-state index in [2.05, 4.69) is 10.2 Å². The van der Waals surface area contributed by atoms with E-state index < -0.39 is 16.8 Å². The molecule has 0 aliphatic carbocycles. The third kappa shape index (κ3) is 12.6. The molecule has 116 valence electrons. The SMILES string of the molecule is CC(C)(C)OC(=O)NCC(=O)CCCCCO[N+](=O)[O-]. The lowest BCUT2D eigenvalue weighted by Crippen LogP contribution is -2.35. The molecule has 0 spiro atoms.